The lowest BCUT2D eigenvalue weighted by Gasteiger charge is -2.40. The van der Waals surface area contributed by atoms with E-state index in [2.05, 4.69) is 13.8 Å². The number of ether oxygens (including phenoxy) is 1. The van der Waals surface area contributed by atoms with Gasteiger partial charge in [-0.25, -0.2) is 0 Å². The van der Waals surface area contributed by atoms with Crippen LogP contribution in [0.25, 0.3) is 0 Å². The molecule has 0 radical (unpaired) electrons. The number of fused-ring (bicyclic) bond motifs is 1. The normalized spacial score (nSPS) is 37.1. The molecule has 2 aliphatic carbocycles. The molecule has 130 valence electrons. The molecule has 0 amide bonds. The molecule has 0 heterocycles. The van der Waals surface area contributed by atoms with E-state index in [9.17, 15) is 10.2 Å². The summed E-state index contributed by atoms with van der Waals surface area (Å²) in [7, 11) is 0. The van der Waals surface area contributed by atoms with Gasteiger partial charge in [-0.1, -0.05) is 20.8 Å². The van der Waals surface area contributed by atoms with Crippen LogP contribution >= 0.6 is 0 Å². The van der Waals surface area contributed by atoms with Crippen LogP contribution in [0.4, 0.5) is 0 Å². The van der Waals surface area contributed by atoms with Crippen LogP contribution in [0.2, 0.25) is 0 Å². The minimum absolute atomic E-state index is 0.0938. The van der Waals surface area contributed by atoms with Gasteiger partial charge in [0.25, 0.3) is 0 Å². The third kappa shape index (κ3) is 3.85. The Morgan fingerprint density at radius 3 is 2.45 bits per heavy atom. The Balaban J connectivity index is 1.86. The average Bonchev–Trinajstić information content (AvgIpc) is 2.97. The monoisotopic (exact) mass is 312 g/mol. The van der Waals surface area contributed by atoms with E-state index >= 15 is 0 Å². The van der Waals surface area contributed by atoms with Crippen molar-refractivity contribution in [3.8, 4) is 0 Å². The molecule has 0 spiro atoms. The molecule has 0 saturated heterocycles. The zero-order valence-corrected chi connectivity index (χ0v) is 14.9. The summed E-state index contributed by atoms with van der Waals surface area (Å²) in [6.07, 6.45) is 6.91. The van der Waals surface area contributed by atoms with Crippen LogP contribution < -0.4 is 0 Å². The van der Waals surface area contributed by atoms with Crippen molar-refractivity contribution in [2.75, 3.05) is 6.61 Å². The second-order valence-electron chi connectivity index (χ2n) is 7.86. The van der Waals surface area contributed by atoms with Gasteiger partial charge in [0.05, 0.1) is 17.8 Å². The third-order valence-corrected chi connectivity index (χ3v) is 6.76. The number of aliphatic hydroxyl groups is 2. The molecule has 2 aliphatic rings. The first kappa shape index (κ1) is 18.2. The second kappa shape index (κ2) is 7.63. The van der Waals surface area contributed by atoms with Crippen LogP contribution in [0, 0.1) is 23.7 Å². The molecule has 0 aromatic carbocycles. The lowest BCUT2D eigenvalue weighted by molar-refractivity contribution is -0.0575. The molecule has 5 unspecified atom stereocenters. The maximum Gasteiger partial charge on any atom is 0.0664 e. The fraction of sp³-hybridized carbons (Fsp3) is 1.00. The Labute approximate surface area is 136 Å². The summed E-state index contributed by atoms with van der Waals surface area (Å²) in [4.78, 5) is 0. The quantitative estimate of drug-likeness (QED) is 0.752. The minimum atomic E-state index is -0.563. The Morgan fingerprint density at radius 1 is 1.14 bits per heavy atom. The molecule has 2 saturated carbocycles. The summed E-state index contributed by atoms with van der Waals surface area (Å²) in [6.45, 7) is 9.27. The third-order valence-electron chi connectivity index (χ3n) is 6.76. The van der Waals surface area contributed by atoms with Crippen molar-refractivity contribution in [2.45, 2.75) is 90.4 Å². The maximum absolute atomic E-state index is 10.4. The predicted octanol–water partition coefficient (Wildman–Crippen LogP) is 3.77. The van der Waals surface area contributed by atoms with Crippen molar-refractivity contribution in [3.63, 3.8) is 0 Å². The van der Waals surface area contributed by atoms with Gasteiger partial charge < -0.3 is 14.9 Å². The molecule has 3 heteroatoms. The van der Waals surface area contributed by atoms with Crippen LogP contribution in [0.15, 0.2) is 0 Å². The van der Waals surface area contributed by atoms with Crippen molar-refractivity contribution >= 4 is 0 Å². The highest BCUT2D eigenvalue weighted by molar-refractivity contribution is 4.96. The molecular formula is C19H36O3. The number of rotatable bonds is 7. The van der Waals surface area contributed by atoms with E-state index in [-0.39, 0.29) is 12.2 Å². The second-order valence-corrected chi connectivity index (χ2v) is 7.86. The molecule has 22 heavy (non-hydrogen) atoms. The standard InChI is InChI=1S/C19H36O3/c1-5-19(21,6-2)11-12-22-14(4)15-8-9-16-17(20)10-7-13(3)18(15)16/h13-18,20-21H,5-12H2,1-4H3/t13-,14?,15?,16?,17?,18?/m1/s1. The molecule has 0 aromatic rings. The van der Waals surface area contributed by atoms with Gasteiger partial charge in [0.1, 0.15) is 0 Å². The van der Waals surface area contributed by atoms with Gasteiger partial charge >= 0.3 is 0 Å². The first-order valence-corrected chi connectivity index (χ1v) is 9.44. The maximum atomic E-state index is 10.4. The van der Waals surface area contributed by atoms with Crippen LogP contribution in [-0.2, 0) is 4.74 Å². The molecular weight excluding hydrogens is 276 g/mol. The summed E-state index contributed by atoms with van der Waals surface area (Å²) in [5.74, 6) is 2.39. The van der Waals surface area contributed by atoms with E-state index in [1.54, 1.807) is 0 Å². The van der Waals surface area contributed by atoms with Gasteiger partial charge in [-0.05, 0) is 75.5 Å². The molecule has 3 nitrogen and oxygen atoms in total. The van der Waals surface area contributed by atoms with Crippen LogP contribution in [0.5, 0.6) is 0 Å². The summed E-state index contributed by atoms with van der Waals surface area (Å²) in [5, 5.41) is 20.6. The lowest BCUT2D eigenvalue weighted by atomic mass is 9.69. The molecule has 0 aromatic heterocycles. The largest absolute Gasteiger partial charge is 0.393 e. The Hall–Kier alpha value is -0.120. The summed E-state index contributed by atoms with van der Waals surface area (Å²) in [6, 6.07) is 0. The van der Waals surface area contributed by atoms with Gasteiger partial charge in [-0.2, -0.15) is 0 Å². The Kier molecular flexibility index (Phi) is 6.32. The highest BCUT2D eigenvalue weighted by Gasteiger charge is 2.47. The summed E-state index contributed by atoms with van der Waals surface area (Å²) < 4.78 is 6.12. The highest BCUT2D eigenvalue weighted by Crippen LogP contribution is 2.50. The molecule has 0 bridgehead atoms. The van der Waals surface area contributed by atoms with E-state index < -0.39 is 5.60 Å². The van der Waals surface area contributed by atoms with Gasteiger partial charge in [-0.3, -0.25) is 0 Å². The first-order chi connectivity index (χ1) is 10.4. The van der Waals surface area contributed by atoms with Crippen molar-refractivity contribution in [2.24, 2.45) is 23.7 Å². The van der Waals surface area contributed by atoms with Crippen LogP contribution in [-0.4, -0.2) is 34.6 Å². The summed E-state index contributed by atoms with van der Waals surface area (Å²) >= 11 is 0. The topological polar surface area (TPSA) is 49.7 Å². The van der Waals surface area contributed by atoms with Crippen molar-refractivity contribution in [3.05, 3.63) is 0 Å². The number of aliphatic hydroxyl groups excluding tert-OH is 1. The Bertz CT molecular complexity index is 340. The van der Waals surface area contributed by atoms with Crippen molar-refractivity contribution in [1.82, 2.24) is 0 Å². The molecule has 2 N–H and O–H groups in total. The van der Waals surface area contributed by atoms with E-state index in [1.165, 1.54) is 6.42 Å². The average molecular weight is 312 g/mol. The predicted molar refractivity (Wildman–Crippen MR) is 89.7 cm³/mol. The van der Waals surface area contributed by atoms with Crippen molar-refractivity contribution in [1.29, 1.82) is 0 Å². The highest BCUT2D eigenvalue weighted by atomic mass is 16.5. The van der Waals surface area contributed by atoms with E-state index in [0.717, 1.165) is 38.5 Å². The zero-order chi connectivity index (χ0) is 16.3. The van der Waals surface area contributed by atoms with E-state index in [0.29, 0.717) is 30.3 Å². The number of hydrogen-bond donors (Lipinski definition) is 2. The first-order valence-electron chi connectivity index (χ1n) is 9.44. The van der Waals surface area contributed by atoms with E-state index in [4.69, 9.17) is 4.74 Å². The van der Waals surface area contributed by atoms with Gasteiger partial charge in [0.2, 0.25) is 0 Å². The fourth-order valence-electron chi connectivity index (χ4n) is 4.93. The van der Waals surface area contributed by atoms with Gasteiger partial charge in [-0.15, -0.1) is 0 Å². The molecule has 0 aliphatic heterocycles. The zero-order valence-electron chi connectivity index (χ0n) is 14.9. The van der Waals surface area contributed by atoms with Crippen LogP contribution in [0.1, 0.15) is 72.6 Å². The van der Waals surface area contributed by atoms with Crippen molar-refractivity contribution < 1.29 is 14.9 Å². The molecule has 2 fully saturated rings. The SMILES string of the molecule is CCC(O)(CC)CCOC(C)C1CCC2C(O)CC[C@@H](C)C21. The van der Waals surface area contributed by atoms with Gasteiger partial charge in [0.15, 0.2) is 0 Å². The lowest BCUT2D eigenvalue weighted by Crippen LogP contribution is -2.39. The number of hydrogen-bond acceptors (Lipinski definition) is 3. The smallest absolute Gasteiger partial charge is 0.0664 e. The molecule has 2 rings (SSSR count). The molecule has 6 atom stereocenters. The van der Waals surface area contributed by atoms with E-state index in [1.807, 2.05) is 13.8 Å². The van der Waals surface area contributed by atoms with Gasteiger partial charge in [0, 0.05) is 6.61 Å². The fourth-order valence-corrected chi connectivity index (χ4v) is 4.93. The minimum Gasteiger partial charge on any atom is -0.393 e. The summed E-state index contributed by atoms with van der Waals surface area (Å²) in [5.41, 5.74) is -0.563. The Morgan fingerprint density at radius 2 is 1.82 bits per heavy atom. The van der Waals surface area contributed by atoms with Crippen LogP contribution in [0.3, 0.4) is 0 Å².